The molecule has 0 aromatic heterocycles. The minimum Gasteiger partial charge on any atom is -0.393 e. The van der Waals surface area contributed by atoms with Crippen LogP contribution in [0.15, 0.2) is 36.4 Å². The highest BCUT2D eigenvalue weighted by Crippen LogP contribution is 2.51. The maximum atomic E-state index is 15.0. The van der Waals surface area contributed by atoms with E-state index in [1.165, 1.54) is 6.07 Å². The van der Waals surface area contributed by atoms with Gasteiger partial charge in [-0.2, -0.15) is 0 Å². The first-order chi connectivity index (χ1) is 18.4. The van der Waals surface area contributed by atoms with E-state index in [9.17, 15) is 19.1 Å². The Kier molecular flexibility index (Phi) is 9.12. The van der Waals surface area contributed by atoms with Crippen molar-refractivity contribution in [2.75, 3.05) is 6.54 Å². The smallest absolute Gasteiger partial charge is 0.237 e. The van der Waals surface area contributed by atoms with E-state index >= 15 is 0 Å². The molecule has 0 unspecified atom stereocenters. The van der Waals surface area contributed by atoms with E-state index in [0.717, 1.165) is 37.5 Å². The second-order valence-corrected chi connectivity index (χ2v) is 13.4. The van der Waals surface area contributed by atoms with Gasteiger partial charge in [-0.3, -0.25) is 4.79 Å². The first kappa shape index (κ1) is 30.0. The highest BCUT2D eigenvalue weighted by atomic mass is 35.5. The van der Waals surface area contributed by atoms with Crippen LogP contribution in [0.1, 0.15) is 75.5 Å². The standard InChI is InChI=1S/C31H39Cl2FN2O3/c1-18-12-24(33)25(34)15-23(18)31(17-37)26(16-30(2,3)4)36-28(27(31)20-6-5-7-21(32)14-20)29(39)35-11-10-19-8-9-22(38)13-19/h5-7,12,14-15,17,19,22,26-28,36,38H,8-11,13,16H2,1-4H3,(H,35,39)/t19-,22-,26-,27+,28-,31-/m1/s1. The second kappa shape index (κ2) is 11.9. The van der Waals surface area contributed by atoms with Crippen LogP contribution in [0.5, 0.6) is 0 Å². The van der Waals surface area contributed by atoms with Crippen LogP contribution in [0.2, 0.25) is 10.0 Å². The zero-order valence-electron chi connectivity index (χ0n) is 23.1. The molecule has 0 radical (unpaired) electrons. The normalized spacial score (nSPS) is 29.0. The zero-order chi connectivity index (χ0) is 28.5. The SMILES string of the molecule is Cc1cc(Cl)c(F)cc1[C@]1(C=O)[C@@H](CC(C)(C)C)N[C@@H](C(=O)NCC[C@H]2CC[C@@H](O)C2)[C@@H]1c1cccc(Cl)c1. The van der Waals surface area contributed by atoms with Crippen LogP contribution in [0.4, 0.5) is 4.39 Å². The molecule has 2 aliphatic rings. The van der Waals surface area contributed by atoms with Gasteiger partial charge in [0.1, 0.15) is 12.1 Å². The van der Waals surface area contributed by atoms with Crippen LogP contribution in [0.3, 0.4) is 0 Å². The van der Waals surface area contributed by atoms with Gasteiger partial charge in [0.15, 0.2) is 0 Å². The molecule has 0 bridgehead atoms. The quantitative estimate of drug-likeness (QED) is 0.331. The monoisotopic (exact) mass is 576 g/mol. The lowest BCUT2D eigenvalue weighted by molar-refractivity contribution is -0.123. The van der Waals surface area contributed by atoms with E-state index in [2.05, 4.69) is 31.4 Å². The Morgan fingerprint density at radius 2 is 1.97 bits per heavy atom. The molecular formula is C31H39Cl2FN2O3. The van der Waals surface area contributed by atoms with Crippen LogP contribution < -0.4 is 10.6 Å². The Balaban J connectivity index is 1.80. The van der Waals surface area contributed by atoms with Crippen LogP contribution in [-0.2, 0) is 15.0 Å². The van der Waals surface area contributed by atoms with Crippen molar-refractivity contribution in [3.63, 3.8) is 0 Å². The first-order valence-corrected chi connectivity index (χ1v) is 14.5. The van der Waals surface area contributed by atoms with Gasteiger partial charge in [0.05, 0.1) is 22.6 Å². The molecule has 212 valence electrons. The number of hydrogen-bond acceptors (Lipinski definition) is 4. The summed E-state index contributed by atoms with van der Waals surface area (Å²) in [6, 6.07) is 8.90. The minimum atomic E-state index is -1.26. The number of carbonyl (C=O) groups excluding carboxylic acids is 2. The van der Waals surface area contributed by atoms with E-state index in [1.807, 2.05) is 13.0 Å². The van der Waals surface area contributed by atoms with Gasteiger partial charge in [0.2, 0.25) is 5.91 Å². The topological polar surface area (TPSA) is 78.4 Å². The summed E-state index contributed by atoms with van der Waals surface area (Å²) in [5.74, 6) is -1.09. The second-order valence-electron chi connectivity index (χ2n) is 12.5. The molecule has 2 fully saturated rings. The number of rotatable bonds is 8. The number of amides is 1. The van der Waals surface area contributed by atoms with Gasteiger partial charge in [-0.25, -0.2) is 4.39 Å². The molecule has 5 nitrogen and oxygen atoms in total. The largest absolute Gasteiger partial charge is 0.393 e. The van der Waals surface area contributed by atoms with Crippen LogP contribution in [-0.4, -0.2) is 42.0 Å². The van der Waals surface area contributed by atoms with Crippen molar-refractivity contribution in [3.8, 4) is 0 Å². The predicted octanol–water partition coefficient (Wildman–Crippen LogP) is 6.11. The molecule has 1 saturated heterocycles. The lowest BCUT2D eigenvalue weighted by Crippen LogP contribution is -2.47. The van der Waals surface area contributed by atoms with E-state index in [1.54, 1.807) is 24.3 Å². The van der Waals surface area contributed by atoms with Gasteiger partial charge in [0.25, 0.3) is 0 Å². The van der Waals surface area contributed by atoms with Crippen LogP contribution >= 0.6 is 23.2 Å². The number of benzene rings is 2. The summed E-state index contributed by atoms with van der Waals surface area (Å²) in [5, 5.41) is 16.9. The lowest BCUT2D eigenvalue weighted by Gasteiger charge is -2.39. The molecule has 0 spiro atoms. The van der Waals surface area contributed by atoms with Crippen molar-refractivity contribution in [1.29, 1.82) is 0 Å². The van der Waals surface area contributed by atoms with Gasteiger partial charge in [0, 0.05) is 23.5 Å². The summed E-state index contributed by atoms with van der Waals surface area (Å²) in [5.41, 5.74) is 0.472. The maximum Gasteiger partial charge on any atom is 0.237 e. The maximum absolute atomic E-state index is 15.0. The van der Waals surface area contributed by atoms with Gasteiger partial charge in [-0.1, -0.05) is 56.1 Å². The third-order valence-corrected chi connectivity index (χ3v) is 8.93. The molecule has 1 amide bonds. The molecule has 2 aromatic rings. The molecule has 8 heteroatoms. The van der Waals surface area contributed by atoms with Gasteiger partial charge in [-0.15, -0.1) is 0 Å². The summed E-state index contributed by atoms with van der Waals surface area (Å²) < 4.78 is 15.0. The highest BCUT2D eigenvalue weighted by Gasteiger charge is 2.59. The molecule has 1 aliphatic heterocycles. The van der Waals surface area contributed by atoms with E-state index in [4.69, 9.17) is 23.2 Å². The van der Waals surface area contributed by atoms with E-state index in [0.29, 0.717) is 35.0 Å². The minimum absolute atomic E-state index is 0.0127. The third-order valence-electron chi connectivity index (χ3n) is 8.41. The number of halogens is 3. The Hall–Kier alpha value is -1.99. The molecule has 1 saturated carbocycles. The molecule has 4 rings (SSSR count). The number of aliphatic hydroxyl groups excluding tert-OH is 1. The number of aldehydes is 1. The molecule has 6 atom stereocenters. The Morgan fingerprint density at radius 3 is 2.59 bits per heavy atom. The molecule has 3 N–H and O–H groups in total. The number of aryl methyl sites for hydroxylation is 1. The molecular weight excluding hydrogens is 538 g/mol. The highest BCUT2D eigenvalue weighted by molar-refractivity contribution is 6.31. The Labute approximate surface area is 240 Å². The number of hydrogen-bond donors (Lipinski definition) is 3. The fourth-order valence-corrected chi connectivity index (χ4v) is 7.10. The summed E-state index contributed by atoms with van der Waals surface area (Å²) in [6.45, 7) is 8.54. The fraction of sp³-hybridized carbons (Fsp3) is 0.548. The Morgan fingerprint density at radius 1 is 1.23 bits per heavy atom. The first-order valence-electron chi connectivity index (χ1n) is 13.8. The summed E-state index contributed by atoms with van der Waals surface area (Å²) in [6.07, 6.45) is 4.49. The molecule has 1 aliphatic carbocycles. The predicted molar refractivity (Wildman–Crippen MR) is 154 cm³/mol. The van der Waals surface area contributed by atoms with Crippen molar-refractivity contribution >= 4 is 35.4 Å². The molecule has 1 heterocycles. The number of nitrogens with one attached hydrogen (secondary N) is 2. The Bertz CT molecular complexity index is 1220. The van der Waals surface area contributed by atoms with Crippen LogP contribution in [0, 0.1) is 24.1 Å². The van der Waals surface area contributed by atoms with E-state index in [-0.39, 0.29) is 22.4 Å². The number of aliphatic hydroxyl groups is 1. The van der Waals surface area contributed by atoms with Crippen molar-refractivity contribution in [2.45, 2.75) is 89.3 Å². The van der Waals surface area contributed by atoms with Gasteiger partial charge in [-0.05, 0) is 91.3 Å². The number of carbonyl (C=O) groups is 2. The van der Waals surface area contributed by atoms with E-state index < -0.39 is 29.2 Å². The average Bonchev–Trinajstić information content (AvgIpc) is 3.41. The molecule has 39 heavy (non-hydrogen) atoms. The fourth-order valence-electron chi connectivity index (χ4n) is 6.69. The average molecular weight is 578 g/mol. The van der Waals surface area contributed by atoms with Crippen molar-refractivity contribution < 1.29 is 19.1 Å². The summed E-state index contributed by atoms with van der Waals surface area (Å²) in [7, 11) is 0. The van der Waals surface area contributed by atoms with Crippen molar-refractivity contribution in [3.05, 3.63) is 69.0 Å². The zero-order valence-corrected chi connectivity index (χ0v) is 24.6. The molecule has 2 aromatic carbocycles. The van der Waals surface area contributed by atoms with Gasteiger partial charge < -0.3 is 20.5 Å². The van der Waals surface area contributed by atoms with Crippen molar-refractivity contribution in [1.82, 2.24) is 10.6 Å². The lowest BCUT2D eigenvalue weighted by atomic mass is 9.62. The van der Waals surface area contributed by atoms with Crippen LogP contribution in [0.25, 0.3) is 0 Å². The third kappa shape index (κ3) is 6.35. The van der Waals surface area contributed by atoms with Crippen molar-refractivity contribution in [2.24, 2.45) is 11.3 Å². The summed E-state index contributed by atoms with van der Waals surface area (Å²) >= 11 is 12.5. The van der Waals surface area contributed by atoms with Gasteiger partial charge >= 0.3 is 0 Å². The summed E-state index contributed by atoms with van der Waals surface area (Å²) in [4.78, 5) is 27.3.